The normalized spacial score (nSPS) is 9.94. The van der Waals surface area contributed by atoms with Gasteiger partial charge in [-0.3, -0.25) is 14.5 Å². The first-order valence-corrected chi connectivity index (χ1v) is 9.91. The number of carbonyl (C=O) groups excluding carboxylic acids is 2. The van der Waals surface area contributed by atoms with E-state index in [-0.39, 0.29) is 24.3 Å². The molecule has 31 heavy (non-hydrogen) atoms. The van der Waals surface area contributed by atoms with Gasteiger partial charge in [-0.25, -0.2) is 13.2 Å². The van der Waals surface area contributed by atoms with E-state index in [0.29, 0.717) is 23.9 Å². The van der Waals surface area contributed by atoms with Gasteiger partial charge in [0.1, 0.15) is 17.5 Å². The molecule has 0 bridgehead atoms. The second-order valence-electron chi connectivity index (χ2n) is 6.31. The van der Waals surface area contributed by atoms with Crippen LogP contribution in [0, 0.1) is 24.4 Å². The monoisotopic (exact) mass is 435 g/mol. The lowest BCUT2D eigenvalue weighted by Gasteiger charge is -2.15. The van der Waals surface area contributed by atoms with Crippen LogP contribution in [0.2, 0.25) is 0 Å². The molecular formula is C23H28F3N3O2. The number of H-pyrrole nitrogens is 1. The molecule has 0 atom stereocenters. The largest absolute Gasteiger partial charge is 0.361 e. The molecule has 0 saturated carbocycles. The van der Waals surface area contributed by atoms with Crippen molar-refractivity contribution < 1.29 is 22.8 Å². The fourth-order valence-corrected chi connectivity index (χ4v) is 3.05. The quantitative estimate of drug-likeness (QED) is 0.555. The van der Waals surface area contributed by atoms with E-state index >= 15 is 0 Å². The second-order valence-corrected chi connectivity index (χ2v) is 6.31. The number of nitrogens with two attached hydrogens (primary N) is 1. The summed E-state index contributed by atoms with van der Waals surface area (Å²) in [7, 11) is 1.50. The minimum atomic E-state index is -0.773. The summed E-state index contributed by atoms with van der Waals surface area (Å²) < 4.78 is 40.1. The molecule has 3 aromatic rings. The molecule has 168 valence electrons. The maximum Gasteiger partial charge on any atom is 0.229 e. The first-order valence-electron chi connectivity index (χ1n) is 9.91. The van der Waals surface area contributed by atoms with Crippen molar-refractivity contribution in [1.29, 1.82) is 0 Å². The molecule has 1 aromatic heterocycles. The topological polar surface area (TPSA) is 79.2 Å². The van der Waals surface area contributed by atoms with Crippen molar-refractivity contribution in [1.82, 2.24) is 9.88 Å². The molecule has 0 fully saturated rings. The molecular weight excluding hydrogens is 407 g/mol. The number of aromatic amines is 1. The van der Waals surface area contributed by atoms with Crippen molar-refractivity contribution in [3.8, 4) is 0 Å². The van der Waals surface area contributed by atoms with Gasteiger partial charge < -0.3 is 10.7 Å². The Morgan fingerprint density at radius 1 is 1.10 bits per heavy atom. The lowest BCUT2D eigenvalue weighted by atomic mass is 10.1. The number of aromatic nitrogens is 1. The lowest BCUT2D eigenvalue weighted by Crippen LogP contribution is -2.29. The summed E-state index contributed by atoms with van der Waals surface area (Å²) in [4.78, 5) is 27.5. The minimum Gasteiger partial charge on any atom is -0.361 e. The number of hydrogen-bond donors (Lipinski definition) is 2. The Kier molecular flexibility index (Phi) is 10.5. The van der Waals surface area contributed by atoms with Gasteiger partial charge in [0.2, 0.25) is 12.3 Å². The van der Waals surface area contributed by atoms with Crippen molar-refractivity contribution in [2.75, 3.05) is 7.05 Å². The number of nitrogens with one attached hydrogen (secondary N) is 1. The summed E-state index contributed by atoms with van der Waals surface area (Å²) >= 11 is 0. The number of rotatable bonds is 6. The van der Waals surface area contributed by atoms with Crippen LogP contribution < -0.4 is 5.73 Å². The maximum absolute atomic E-state index is 13.6. The summed E-state index contributed by atoms with van der Waals surface area (Å²) in [6.45, 7) is 5.45. The van der Waals surface area contributed by atoms with Crippen LogP contribution in [0.5, 0.6) is 0 Å². The van der Waals surface area contributed by atoms with Crippen LogP contribution in [0.3, 0.4) is 0 Å². The highest BCUT2D eigenvalue weighted by atomic mass is 19.1. The highest BCUT2D eigenvalue weighted by Gasteiger charge is 2.16. The van der Waals surface area contributed by atoms with Crippen LogP contribution in [0.25, 0.3) is 10.9 Å². The minimum absolute atomic E-state index is 0.0277. The molecule has 1 heterocycles. The van der Waals surface area contributed by atoms with Crippen LogP contribution in [0.1, 0.15) is 37.0 Å². The van der Waals surface area contributed by atoms with Crippen LogP contribution in [-0.4, -0.2) is 29.2 Å². The first-order chi connectivity index (χ1) is 14.9. The molecule has 5 nitrogen and oxygen atoms in total. The van der Waals surface area contributed by atoms with E-state index in [9.17, 15) is 22.8 Å². The zero-order valence-corrected chi connectivity index (χ0v) is 18.1. The van der Waals surface area contributed by atoms with Crippen molar-refractivity contribution >= 4 is 23.2 Å². The van der Waals surface area contributed by atoms with E-state index < -0.39 is 17.5 Å². The summed E-state index contributed by atoms with van der Waals surface area (Å²) in [6, 6.07) is 5.88. The molecule has 3 rings (SSSR count). The van der Waals surface area contributed by atoms with Gasteiger partial charge in [0, 0.05) is 29.6 Å². The smallest absolute Gasteiger partial charge is 0.229 e. The van der Waals surface area contributed by atoms with E-state index in [0.717, 1.165) is 34.0 Å². The third-order valence-electron chi connectivity index (χ3n) is 4.47. The Bertz CT molecular complexity index is 998. The summed E-state index contributed by atoms with van der Waals surface area (Å²) in [5, 5.41) is 0.812. The summed E-state index contributed by atoms with van der Waals surface area (Å²) in [5.74, 6) is -2.33. The number of aryl methyl sites for hydroxylation is 2. The van der Waals surface area contributed by atoms with E-state index in [4.69, 9.17) is 0 Å². The van der Waals surface area contributed by atoms with Crippen LogP contribution in [0.4, 0.5) is 13.2 Å². The zero-order valence-electron chi connectivity index (χ0n) is 18.1. The number of amides is 2. The Balaban J connectivity index is 0.00000113. The molecule has 0 aliphatic carbocycles. The predicted octanol–water partition coefficient (Wildman–Crippen LogP) is 4.61. The molecule has 2 amide bonds. The van der Waals surface area contributed by atoms with E-state index in [1.54, 1.807) is 19.2 Å². The van der Waals surface area contributed by atoms with Crippen molar-refractivity contribution in [3.63, 3.8) is 0 Å². The fraction of sp³-hybridized carbons (Fsp3) is 0.304. The number of halogens is 3. The summed E-state index contributed by atoms with van der Waals surface area (Å²) in [6.07, 6.45) is 2.42. The van der Waals surface area contributed by atoms with Gasteiger partial charge in [-0.15, -0.1) is 0 Å². The molecule has 0 aliphatic heterocycles. The van der Waals surface area contributed by atoms with Crippen LogP contribution >= 0.6 is 0 Å². The number of fused-ring (bicyclic) bond motifs is 1. The van der Waals surface area contributed by atoms with E-state index in [2.05, 4.69) is 10.7 Å². The number of benzene rings is 2. The molecule has 2 aromatic carbocycles. The van der Waals surface area contributed by atoms with E-state index in [1.165, 1.54) is 13.1 Å². The highest BCUT2D eigenvalue weighted by molar-refractivity contribution is 5.88. The number of imide groups is 1. The Morgan fingerprint density at radius 3 is 2.29 bits per heavy atom. The highest BCUT2D eigenvalue weighted by Crippen LogP contribution is 2.24. The molecule has 0 spiro atoms. The van der Waals surface area contributed by atoms with Gasteiger partial charge in [-0.1, -0.05) is 13.8 Å². The summed E-state index contributed by atoms with van der Waals surface area (Å²) in [5.41, 5.74) is 6.67. The number of carbonyl (C=O) groups is 2. The molecule has 0 unspecified atom stereocenters. The third kappa shape index (κ3) is 6.68. The molecule has 0 radical (unpaired) electrons. The molecule has 3 N–H and O–H groups in total. The van der Waals surface area contributed by atoms with Gasteiger partial charge in [0.05, 0.1) is 12.1 Å². The van der Waals surface area contributed by atoms with Gasteiger partial charge >= 0.3 is 0 Å². The van der Waals surface area contributed by atoms with Crippen molar-refractivity contribution in [2.24, 2.45) is 5.73 Å². The van der Waals surface area contributed by atoms with Gasteiger partial charge in [-0.05, 0) is 55.8 Å². The second kappa shape index (κ2) is 12.5. The van der Waals surface area contributed by atoms with Gasteiger partial charge in [0.15, 0.2) is 0 Å². The zero-order chi connectivity index (χ0) is 23.6. The average Bonchev–Trinajstić information content (AvgIpc) is 3.18. The first kappa shape index (κ1) is 25.9. The lowest BCUT2D eigenvalue weighted by molar-refractivity contribution is -0.138. The number of nitrogens with zero attached hydrogens (tertiary/aromatic N) is 1. The van der Waals surface area contributed by atoms with Gasteiger partial charge in [-0.2, -0.15) is 0 Å². The SMILES string of the molecule is CC.CN.Cc1c(F)ccc2c(CCC(=O)N(C=O)Cc3cc(F)cc(F)c3)c[nH]c12. The third-order valence-corrected chi connectivity index (χ3v) is 4.47. The average molecular weight is 435 g/mol. The van der Waals surface area contributed by atoms with E-state index in [1.807, 2.05) is 13.8 Å². The standard InChI is InChI=1S/C20H17F3N2O2.C2H6.CH5N/c1-12-18(23)4-3-17-14(9-24-20(12)17)2-5-19(27)25(11-26)10-13-6-15(21)8-16(22)7-13;2*1-2/h3-4,6-9,11,24H,2,5,10H2,1H3;1-2H3;2H2,1H3. The maximum atomic E-state index is 13.6. The predicted molar refractivity (Wildman–Crippen MR) is 116 cm³/mol. The van der Waals surface area contributed by atoms with Crippen LogP contribution in [-0.2, 0) is 22.6 Å². The Hall–Kier alpha value is -3.13. The molecule has 0 aliphatic rings. The number of hydrogen-bond acceptors (Lipinski definition) is 3. The van der Waals surface area contributed by atoms with Crippen molar-refractivity contribution in [2.45, 2.75) is 40.2 Å². The Morgan fingerprint density at radius 2 is 1.71 bits per heavy atom. The fourth-order valence-electron chi connectivity index (χ4n) is 3.05. The van der Waals surface area contributed by atoms with Crippen molar-refractivity contribution in [3.05, 3.63) is 70.7 Å². The molecule has 0 saturated heterocycles. The van der Waals surface area contributed by atoms with Gasteiger partial charge in [0.25, 0.3) is 0 Å². The van der Waals surface area contributed by atoms with Crippen LogP contribution in [0.15, 0.2) is 36.5 Å². The molecule has 8 heteroatoms. The Labute approximate surface area is 180 Å².